The van der Waals surface area contributed by atoms with E-state index in [1.807, 2.05) is 32.2 Å². The highest BCUT2D eigenvalue weighted by molar-refractivity contribution is 5.92. The fraction of sp³-hybridized carbons (Fsp3) is 0.250. The quantitative estimate of drug-likeness (QED) is 0.866. The first kappa shape index (κ1) is 17.0. The first-order valence-electron chi connectivity index (χ1n) is 8.25. The van der Waals surface area contributed by atoms with Gasteiger partial charge in [0.15, 0.2) is 0 Å². The van der Waals surface area contributed by atoms with E-state index in [1.54, 1.807) is 18.2 Å². The van der Waals surface area contributed by atoms with Crippen molar-refractivity contribution < 1.29 is 13.9 Å². The number of ether oxygens (including phenoxy) is 1. The lowest BCUT2D eigenvalue weighted by Crippen LogP contribution is -2.29. The second-order valence-corrected chi connectivity index (χ2v) is 6.11. The van der Waals surface area contributed by atoms with Crippen LogP contribution in [0.3, 0.4) is 0 Å². The monoisotopic (exact) mass is 340 g/mol. The van der Waals surface area contributed by atoms with Crippen LogP contribution in [0.15, 0.2) is 48.5 Å². The van der Waals surface area contributed by atoms with Gasteiger partial charge in [0.25, 0.3) is 0 Å². The standard InChI is InChI=1S/C20H21FN2O2/c1-14(16-6-9-19-18(13-16)23(2)11-12-25-19)22-20(24)10-5-15-3-7-17(21)8-4-15/h3-10,13-14H,11-12H2,1-2H3,(H,22,24)/b10-5+. The Morgan fingerprint density at radius 3 is 2.80 bits per heavy atom. The molecule has 0 spiro atoms. The molecule has 1 atom stereocenters. The van der Waals surface area contributed by atoms with Crippen molar-refractivity contribution in [3.8, 4) is 5.75 Å². The predicted octanol–water partition coefficient (Wildman–Crippen LogP) is 3.54. The van der Waals surface area contributed by atoms with Gasteiger partial charge in [-0.25, -0.2) is 4.39 Å². The number of nitrogens with zero attached hydrogens (tertiary/aromatic N) is 1. The first-order chi connectivity index (χ1) is 12.0. The minimum atomic E-state index is -0.295. The maximum absolute atomic E-state index is 12.9. The molecule has 1 unspecified atom stereocenters. The fourth-order valence-electron chi connectivity index (χ4n) is 2.73. The van der Waals surface area contributed by atoms with Gasteiger partial charge in [0.05, 0.1) is 18.3 Å². The van der Waals surface area contributed by atoms with Gasteiger partial charge in [-0.15, -0.1) is 0 Å². The Hall–Kier alpha value is -2.82. The van der Waals surface area contributed by atoms with E-state index in [1.165, 1.54) is 18.2 Å². The van der Waals surface area contributed by atoms with Gasteiger partial charge in [-0.05, 0) is 48.4 Å². The van der Waals surface area contributed by atoms with Crippen LogP contribution in [0, 0.1) is 5.82 Å². The predicted molar refractivity (Wildman–Crippen MR) is 97.2 cm³/mol. The molecule has 1 amide bonds. The van der Waals surface area contributed by atoms with Crippen molar-refractivity contribution in [2.45, 2.75) is 13.0 Å². The zero-order valence-electron chi connectivity index (χ0n) is 14.3. The summed E-state index contributed by atoms with van der Waals surface area (Å²) >= 11 is 0. The van der Waals surface area contributed by atoms with E-state index >= 15 is 0 Å². The molecule has 0 saturated carbocycles. The van der Waals surface area contributed by atoms with Gasteiger partial charge < -0.3 is 15.0 Å². The summed E-state index contributed by atoms with van der Waals surface area (Å²) in [5, 5.41) is 2.94. The molecule has 130 valence electrons. The minimum absolute atomic E-state index is 0.133. The van der Waals surface area contributed by atoms with Gasteiger partial charge in [-0.2, -0.15) is 0 Å². The summed E-state index contributed by atoms with van der Waals surface area (Å²) in [6.45, 7) is 3.47. The van der Waals surface area contributed by atoms with Crippen LogP contribution < -0.4 is 15.0 Å². The SMILES string of the molecule is CC(NC(=O)/C=C/c1ccc(F)cc1)c1ccc2c(c1)N(C)CCO2. The van der Waals surface area contributed by atoms with Crippen LogP contribution in [0.25, 0.3) is 6.08 Å². The van der Waals surface area contributed by atoms with Crippen molar-refractivity contribution in [3.63, 3.8) is 0 Å². The number of hydrogen-bond acceptors (Lipinski definition) is 3. The number of likely N-dealkylation sites (N-methyl/N-ethyl adjacent to an activating group) is 1. The normalized spacial score (nSPS) is 14.8. The van der Waals surface area contributed by atoms with E-state index in [0.717, 1.165) is 29.1 Å². The summed E-state index contributed by atoms with van der Waals surface area (Å²) in [5.41, 5.74) is 2.82. The van der Waals surface area contributed by atoms with Crippen molar-refractivity contribution >= 4 is 17.7 Å². The van der Waals surface area contributed by atoms with Crippen LogP contribution in [0.2, 0.25) is 0 Å². The number of anilines is 1. The Kier molecular flexibility index (Phi) is 5.03. The second kappa shape index (κ2) is 7.38. The third kappa shape index (κ3) is 4.18. The van der Waals surface area contributed by atoms with Crippen molar-refractivity contribution in [1.82, 2.24) is 5.32 Å². The van der Waals surface area contributed by atoms with Crippen LogP contribution in [0.4, 0.5) is 10.1 Å². The molecule has 1 heterocycles. The van der Waals surface area contributed by atoms with Gasteiger partial charge in [-0.1, -0.05) is 18.2 Å². The summed E-state index contributed by atoms with van der Waals surface area (Å²) in [6, 6.07) is 11.8. The Balaban J connectivity index is 1.65. The number of nitrogens with one attached hydrogen (secondary N) is 1. The van der Waals surface area contributed by atoms with Crippen molar-refractivity contribution in [2.24, 2.45) is 0 Å². The minimum Gasteiger partial charge on any atom is -0.490 e. The summed E-state index contributed by atoms with van der Waals surface area (Å²) < 4.78 is 18.5. The molecule has 0 fully saturated rings. The number of fused-ring (bicyclic) bond motifs is 1. The highest BCUT2D eigenvalue weighted by atomic mass is 19.1. The number of benzene rings is 2. The van der Waals surface area contributed by atoms with Crippen LogP contribution in [-0.2, 0) is 4.79 Å². The van der Waals surface area contributed by atoms with E-state index in [-0.39, 0.29) is 17.8 Å². The lowest BCUT2D eigenvalue weighted by molar-refractivity contribution is -0.117. The molecular formula is C20H21FN2O2. The largest absolute Gasteiger partial charge is 0.490 e. The smallest absolute Gasteiger partial charge is 0.244 e. The van der Waals surface area contributed by atoms with Crippen LogP contribution in [0.5, 0.6) is 5.75 Å². The Morgan fingerprint density at radius 1 is 1.28 bits per heavy atom. The summed E-state index contributed by atoms with van der Waals surface area (Å²) in [4.78, 5) is 14.3. The number of halogens is 1. The van der Waals surface area contributed by atoms with E-state index in [0.29, 0.717) is 6.61 Å². The van der Waals surface area contributed by atoms with Gasteiger partial charge in [0, 0.05) is 13.1 Å². The van der Waals surface area contributed by atoms with Gasteiger partial charge in [0.2, 0.25) is 5.91 Å². The molecule has 5 heteroatoms. The topological polar surface area (TPSA) is 41.6 Å². The molecule has 3 rings (SSSR count). The molecule has 1 aliphatic rings. The van der Waals surface area contributed by atoms with E-state index in [9.17, 15) is 9.18 Å². The summed E-state index contributed by atoms with van der Waals surface area (Å²) in [6.07, 6.45) is 3.12. The molecule has 0 saturated heterocycles. The average molecular weight is 340 g/mol. The highest BCUT2D eigenvalue weighted by Crippen LogP contribution is 2.33. The fourth-order valence-corrected chi connectivity index (χ4v) is 2.73. The zero-order chi connectivity index (χ0) is 17.8. The third-order valence-corrected chi connectivity index (χ3v) is 4.23. The average Bonchev–Trinajstić information content (AvgIpc) is 2.61. The number of hydrogen-bond donors (Lipinski definition) is 1. The molecule has 0 aromatic heterocycles. The summed E-state index contributed by atoms with van der Waals surface area (Å²) in [7, 11) is 2.03. The Labute approximate surface area is 146 Å². The van der Waals surface area contributed by atoms with Crippen LogP contribution >= 0.6 is 0 Å². The first-order valence-corrected chi connectivity index (χ1v) is 8.25. The number of carbonyl (C=O) groups excluding carboxylic acids is 1. The number of amides is 1. The maximum Gasteiger partial charge on any atom is 0.244 e. The molecular weight excluding hydrogens is 319 g/mol. The molecule has 25 heavy (non-hydrogen) atoms. The molecule has 1 aliphatic heterocycles. The lowest BCUT2D eigenvalue weighted by atomic mass is 10.1. The Bertz CT molecular complexity index is 787. The van der Waals surface area contributed by atoms with Gasteiger partial charge in [0.1, 0.15) is 18.2 Å². The maximum atomic E-state index is 12.9. The molecule has 2 aromatic rings. The van der Waals surface area contributed by atoms with Crippen LogP contribution in [0.1, 0.15) is 24.1 Å². The lowest BCUT2D eigenvalue weighted by Gasteiger charge is -2.28. The van der Waals surface area contributed by atoms with Gasteiger partial charge in [-0.3, -0.25) is 4.79 Å². The Morgan fingerprint density at radius 2 is 2.04 bits per heavy atom. The zero-order valence-corrected chi connectivity index (χ0v) is 14.3. The number of rotatable bonds is 4. The molecule has 4 nitrogen and oxygen atoms in total. The van der Waals surface area contributed by atoms with E-state index < -0.39 is 0 Å². The molecule has 2 aromatic carbocycles. The van der Waals surface area contributed by atoms with E-state index in [2.05, 4.69) is 10.2 Å². The van der Waals surface area contributed by atoms with E-state index in [4.69, 9.17) is 4.74 Å². The molecule has 0 bridgehead atoms. The van der Waals surface area contributed by atoms with Crippen LogP contribution in [-0.4, -0.2) is 26.1 Å². The number of carbonyl (C=O) groups is 1. The summed E-state index contributed by atoms with van der Waals surface area (Å²) in [5.74, 6) is 0.378. The van der Waals surface area contributed by atoms with Crippen molar-refractivity contribution in [1.29, 1.82) is 0 Å². The van der Waals surface area contributed by atoms with Crippen molar-refractivity contribution in [2.75, 3.05) is 25.1 Å². The highest BCUT2D eigenvalue weighted by Gasteiger charge is 2.17. The molecule has 1 N–H and O–H groups in total. The molecule has 0 radical (unpaired) electrons. The third-order valence-electron chi connectivity index (χ3n) is 4.23. The van der Waals surface area contributed by atoms with Crippen molar-refractivity contribution in [3.05, 3.63) is 65.5 Å². The van der Waals surface area contributed by atoms with Gasteiger partial charge >= 0.3 is 0 Å². The molecule has 0 aliphatic carbocycles. The second-order valence-electron chi connectivity index (χ2n) is 6.11.